The van der Waals surface area contributed by atoms with Crippen LogP contribution in [0.25, 0.3) is 0 Å². The molecule has 2 aliphatic rings. The number of aliphatic hydroxyl groups is 1. The van der Waals surface area contributed by atoms with Gasteiger partial charge in [0.15, 0.2) is 12.6 Å². The van der Waals surface area contributed by atoms with E-state index in [4.69, 9.17) is 14.6 Å². The Balaban J connectivity index is 1.97. The van der Waals surface area contributed by atoms with E-state index in [1.807, 2.05) is 0 Å². The van der Waals surface area contributed by atoms with Crippen LogP contribution in [0.5, 0.6) is 0 Å². The molecule has 0 aromatic heterocycles. The molecule has 0 bridgehead atoms. The Kier molecular flexibility index (Phi) is 1.64. The highest BCUT2D eigenvalue weighted by Crippen LogP contribution is 2.32. The summed E-state index contributed by atoms with van der Waals surface area (Å²) < 4.78 is 10.4. The second-order valence-corrected chi connectivity index (χ2v) is 2.97. The van der Waals surface area contributed by atoms with E-state index in [1.54, 1.807) is 0 Å². The minimum absolute atomic E-state index is 0.108. The molecule has 3 atom stereocenters. The average molecular weight is 144 g/mol. The first-order valence-electron chi connectivity index (χ1n) is 3.81. The van der Waals surface area contributed by atoms with E-state index in [9.17, 15) is 0 Å². The quantitative estimate of drug-likeness (QED) is 0.537. The molecule has 3 unspecified atom stereocenters. The smallest absolute Gasteiger partial charge is 0.163 e. The minimum Gasteiger partial charge on any atom is -0.368 e. The normalized spacial score (nSPS) is 47.1. The third-order valence-electron chi connectivity index (χ3n) is 2.18. The number of hydrogen-bond acceptors (Lipinski definition) is 3. The van der Waals surface area contributed by atoms with Gasteiger partial charge in [0.05, 0.1) is 0 Å². The van der Waals surface area contributed by atoms with E-state index in [2.05, 4.69) is 0 Å². The Bertz CT molecular complexity index is 112. The van der Waals surface area contributed by atoms with Crippen LogP contribution in [0.1, 0.15) is 19.3 Å². The number of hydrogen-bond donors (Lipinski definition) is 1. The molecule has 2 rings (SSSR count). The zero-order valence-corrected chi connectivity index (χ0v) is 5.82. The number of rotatable bonds is 0. The summed E-state index contributed by atoms with van der Waals surface area (Å²) in [6.45, 7) is 0.786. The highest BCUT2D eigenvalue weighted by atomic mass is 16.7. The molecule has 0 amide bonds. The highest BCUT2D eigenvalue weighted by Gasteiger charge is 2.36. The topological polar surface area (TPSA) is 38.7 Å². The maximum Gasteiger partial charge on any atom is 0.163 e. The Morgan fingerprint density at radius 2 is 2.30 bits per heavy atom. The number of ether oxygens (including phenoxy) is 2. The third kappa shape index (κ3) is 1.05. The van der Waals surface area contributed by atoms with Gasteiger partial charge in [-0.2, -0.15) is 0 Å². The zero-order chi connectivity index (χ0) is 6.97. The van der Waals surface area contributed by atoms with Gasteiger partial charge in [-0.15, -0.1) is 0 Å². The molecule has 0 saturated carbocycles. The summed E-state index contributed by atoms with van der Waals surface area (Å²) in [4.78, 5) is 0. The summed E-state index contributed by atoms with van der Waals surface area (Å²) in [7, 11) is 0. The second-order valence-electron chi connectivity index (χ2n) is 2.97. The fourth-order valence-electron chi connectivity index (χ4n) is 1.67. The van der Waals surface area contributed by atoms with Crippen LogP contribution in [0.2, 0.25) is 0 Å². The molecule has 3 nitrogen and oxygen atoms in total. The molecule has 1 N–H and O–H groups in total. The lowest BCUT2D eigenvalue weighted by Gasteiger charge is -2.23. The van der Waals surface area contributed by atoms with Crippen molar-refractivity contribution in [3.05, 3.63) is 0 Å². The molecule has 0 aromatic rings. The summed E-state index contributed by atoms with van der Waals surface area (Å²) in [6, 6.07) is 0. The maximum atomic E-state index is 9.06. The van der Waals surface area contributed by atoms with Gasteiger partial charge in [-0.25, -0.2) is 0 Å². The predicted octanol–water partition coefficient (Wildman–Crippen LogP) is 0.478. The van der Waals surface area contributed by atoms with E-state index < -0.39 is 6.29 Å². The monoisotopic (exact) mass is 144 g/mol. The van der Waals surface area contributed by atoms with Crippen molar-refractivity contribution in [1.82, 2.24) is 0 Å². The number of aliphatic hydroxyl groups excluding tert-OH is 1. The first-order valence-corrected chi connectivity index (χ1v) is 3.81. The molecule has 0 aromatic carbocycles. The average Bonchev–Trinajstić information content (AvgIpc) is 2.27. The SMILES string of the molecule is OC1CC2CCCOC2O1. The first-order chi connectivity index (χ1) is 4.86. The van der Waals surface area contributed by atoms with Gasteiger partial charge >= 0.3 is 0 Å². The molecule has 2 aliphatic heterocycles. The van der Waals surface area contributed by atoms with Gasteiger partial charge in [0.2, 0.25) is 0 Å². The van der Waals surface area contributed by atoms with Gasteiger partial charge in [0.25, 0.3) is 0 Å². The molecule has 0 aliphatic carbocycles. The minimum atomic E-state index is -0.576. The van der Waals surface area contributed by atoms with Gasteiger partial charge in [0, 0.05) is 18.9 Å². The molecular formula is C7H12O3. The molecule has 0 radical (unpaired) electrons. The van der Waals surface area contributed by atoms with Crippen LogP contribution in [0.3, 0.4) is 0 Å². The lowest BCUT2D eigenvalue weighted by molar-refractivity contribution is -0.204. The van der Waals surface area contributed by atoms with Crippen molar-refractivity contribution in [2.45, 2.75) is 31.8 Å². The standard InChI is InChI=1S/C7H12O3/c8-6-4-5-2-1-3-9-7(5)10-6/h5-8H,1-4H2. The van der Waals surface area contributed by atoms with Crippen molar-refractivity contribution >= 4 is 0 Å². The Hall–Kier alpha value is -0.120. The highest BCUT2D eigenvalue weighted by molar-refractivity contribution is 4.74. The van der Waals surface area contributed by atoms with Crippen molar-refractivity contribution < 1.29 is 14.6 Å². The van der Waals surface area contributed by atoms with Crippen LogP contribution in [0.4, 0.5) is 0 Å². The van der Waals surface area contributed by atoms with Crippen molar-refractivity contribution in [3.8, 4) is 0 Å². The van der Waals surface area contributed by atoms with Gasteiger partial charge in [0.1, 0.15) is 0 Å². The van der Waals surface area contributed by atoms with Crippen molar-refractivity contribution in [1.29, 1.82) is 0 Å². The van der Waals surface area contributed by atoms with Crippen LogP contribution in [0.15, 0.2) is 0 Å². The molecule has 10 heavy (non-hydrogen) atoms. The molecule has 2 heterocycles. The van der Waals surface area contributed by atoms with Crippen molar-refractivity contribution in [2.24, 2.45) is 5.92 Å². The molecular weight excluding hydrogens is 132 g/mol. The van der Waals surface area contributed by atoms with E-state index in [1.165, 1.54) is 0 Å². The predicted molar refractivity (Wildman–Crippen MR) is 34.2 cm³/mol. The molecule has 0 spiro atoms. The maximum absolute atomic E-state index is 9.06. The third-order valence-corrected chi connectivity index (χ3v) is 2.18. The van der Waals surface area contributed by atoms with Gasteiger partial charge in [-0.1, -0.05) is 0 Å². The fraction of sp³-hybridized carbons (Fsp3) is 1.00. The lowest BCUT2D eigenvalue weighted by atomic mass is 9.99. The Labute approximate surface area is 59.9 Å². The van der Waals surface area contributed by atoms with Gasteiger partial charge in [-0.05, 0) is 12.8 Å². The fourth-order valence-corrected chi connectivity index (χ4v) is 1.67. The first kappa shape index (κ1) is 6.58. The Morgan fingerprint density at radius 3 is 3.10 bits per heavy atom. The van der Waals surface area contributed by atoms with E-state index in [0.717, 1.165) is 25.9 Å². The van der Waals surface area contributed by atoms with Crippen LogP contribution < -0.4 is 0 Å². The summed E-state index contributed by atoms with van der Waals surface area (Å²) >= 11 is 0. The number of fused-ring (bicyclic) bond motifs is 1. The summed E-state index contributed by atoms with van der Waals surface area (Å²) in [5, 5.41) is 9.06. The second kappa shape index (κ2) is 2.49. The van der Waals surface area contributed by atoms with E-state index in [0.29, 0.717) is 5.92 Å². The Morgan fingerprint density at radius 1 is 1.40 bits per heavy atom. The van der Waals surface area contributed by atoms with E-state index >= 15 is 0 Å². The summed E-state index contributed by atoms with van der Waals surface area (Å²) in [5.41, 5.74) is 0. The summed E-state index contributed by atoms with van der Waals surface area (Å²) in [5.74, 6) is 0.448. The largest absolute Gasteiger partial charge is 0.368 e. The summed E-state index contributed by atoms with van der Waals surface area (Å²) in [6.07, 6.45) is 2.32. The van der Waals surface area contributed by atoms with Gasteiger partial charge < -0.3 is 14.6 Å². The lowest BCUT2D eigenvalue weighted by Crippen LogP contribution is -2.25. The van der Waals surface area contributed by atoms with Gasteiger partial charge in [-0.3, -0.25) is 0 Å². The molecule has 2 fully saturated rings. The van der Waals surface area contributed by atoms with Crippen LogP contribution in [-0.2, 0) is 9.47 Å². The zero-order valence-electron chi connectivity index (χ0n) is 5.82. The van der Waals surface area contributed by atoms with Crippen LogP contribution >= 0.6 is 0 Å². The molecule has 3 heteroatoms. The van der Waals surface area contributed by atoms with Crippen molar-refractivity contribution in [2.75, 3.05) is 6.61 Å². The molecule has 58 valence electrons. The van der Waals surface area contributed by atoms with E-state index in [-0.39, 0.29) is 6.29 Å². The van der Waals surface area contributed by atoms with Crippen molar-refractivity contribution in [3.63, 3.8) is 0 Å². The van der Waals surface area contributed by atoms with Crippen LogP contribution in [-0.4, -0.2) is 24.3 Å². The van der Waals surface area contributed by atoms with Crippen LogP contribution in [0, 0.1) is 5.92 Å². The molecule has 2 saturated heterocycles.